The smallest absolute Gasteiger partial charge is 0.231 e. The van der Waals surface area contributed by atoms with Crippen LogP contribution >= 0.6 is 11.3 Å². The zero-order valence-corrected chi connectivity index (χ0v) is 17.4. The minimum atomic E-state index is -0.0398. The second-order valence-corrected chi connectivity index (χ2v) is 8.28. The van der Waals surface area contributed by atoms with E-state index in [1.54, 1.807) is 0 Å². The summed E-state index contributed by atoms with van der Waals surface area (Å²) >= 11 is 1.53. The molecule has 2 aromatic carbocycles. The van der Waals surface area contributed by atoms with Crippen LogP contribution in [0.2, 0.25) is 0 Å². The van der Waals surface area contributed by atoms with Gasteiger partial charge in [-0.1, -0.05) is 61.9 Å². The molecule has 0 unspecified atom stereocenters. The minimum absolute atomic E-state index is 0.0398. The van der Waals surface area contributed by atoms with Crippen LogP contribution < -0.4 is 10.6 Å². The number of anilines is 1. The van der Waals surface area contributed by atoms with E-state index < -0.39 is 0 Å². The summed E-state index contributed by atoms with van der Waals surface area (Å²) < 4.78 is 0. The van der Waals surface area contributed by atoms with Crippen LogP contribution in [0.4, 0.5) is 5.69 Å². The molecule has 5 heteroatoms. The van der Waals surface area contributed by atoms with Crippen molar-refractivity contribution in [2.24, 2.45) is 5.92 Å². The predicted octanol–water partition coefficient (Wildman–Crippen LogP) is 5.12. The number of nitrogens with zero attached hydrogens (tertiary/aromatic N) is 1. The highest BCUT2D eigenvalue weighted by Gasteiger charge is 2.16. The van der Waals surface area contributed by atoms with Gasteiger partial charge >= 0.3 is 0 Å². The summed E-state index contributed by atoms with van der Waals surface area (Å²) in [6, 6.07) is 18.6. The van der Waals surface area contributed by atoms with Crippen molar-refractivity contribution in [1.82, 2.24) is 10.3 Å². The number of carbonyl (C=O) groups excluding carboxylic acids is 1. The van der Waals surface area contributed by atoms with Crippen molar-refractivity contribution >= 4 is 22.9 Å². The Kier molecular flexibility index (Phi) is 6.95. The van der Waals surface area contributed by atoms with Crippen LogP contribution in [0, 0.1) is 12.8 Å². The monoisotopic (exact) mass is 393 g/mol. The molecule has 1 heterocycles. The van der Waals surface area contributed by atoms with Crippen molar-refractivity contribution in [2.45, 2.75) is 39.8 Å². The fourth-order valence-corrected chi connectivity index (χ4v) is 3.90. The van der Waals surface area contributed by atoms with Crippen molar-refractivity contribution < 1.29 is 4.79 Å². The van der Waals surface area contributed by atoms with Crippen LogP contribution in [0.3, 0.4) is 0 Å². The Bertz CT molecular complexity index is 888. The van der Waals surface area contributed by atoms with Crippen molar-refractivity contribution in [1.29, 1.82) is 0 Å². The minimum Gasteiger partial charge on any atom is -0.326 e. The second-order valence-electron chi connectivity index (χ2n) is 7.34. The Morgan fingerprint density at radius 2 is 1.79 bits per heavy atom. The average Bonchev–Trinajstić information content (AvgIpc) is 3.11. The summed E-state index contributed by atoms with van der Waals surface area (Å²) in [5.41, 5.74) is 4.25. The van der Waals surface area contributed by atoms with E-state index in [-0.39, 0.29) is 11.9 Å². The van der Waals surface area contributed by atoms with Crippen LogP contribution in [-0.4, -0.2) is 10.9 Å². The zero-order chi connectivity index (χ0) is 19.9. The second kappa shape index (κ2) is 9.62. The van der Waals surface area contributed by atoms with Gasteiger partial charge in [0.25, 0.3) is 0 Å². The number of thiazole rings is 1. The van der Waals surface area contributed by atoms with E-state index in [4.69, 9.17) is 0 Å². The quantitative estimate of drug-likeness (QED) is 0.558. The van der Waals surface area contributed by atoms with Crippen molar-refractivity contribution in [2.75, 3.05) is 5.32 Å². The lowest BCUT2D eigenvalue weighted by Crippen LogP contribution is -2.25. The molecule has 0 saturated carbocycles. The lowest BCUT2D eigenvalue weighted by atomic mass is 9.96. The summed E-state index contributed by atoms with van der Waals surface area (Å²) in [5, 5.41) is 9.40. The fourth-order valence-electron chi connectivity index (χ4n) is 3.10. The molecule has 0 bridgehead atoms. The summed E-state index contributed by atoms with van der Waals surface area (Å²) in [4.78, 5) is 16.9. The first-order valence-electron chi connectivity index (χ1n) is 9.59. The number of hydrogen-bond acceptors (Lipinski definition) is 4. The number of carbonyl (C=O) groups is 1. The van der Waals surface area contributed by atoms with Crippen molar-refractivity contribution in [3.63, 3.8) is 0 Å². The molecule has 1 atom stereocenters. The van der Waals surface area contributed by atoms with Crippen molar-refractivity contribution in [3.8, 4) is 0 Å². The van der Waals surface area contributed by atoms with Gasteiger partial charge in [0.15, 0.2) is 0 Å². The van der Waals surface area contributed by atoms with Crippen LogP contribution in [0.1, 0.15) is 41.7 Å². The van der Waals surface area contributed by atoms with E-state index in [1.807, 2.05) is 42.6 Å². The molecule has 0 aliphatic heterocycles. The molecule has 0 saturated heterocycles. The van der Waals surface area contributed by atoms with Crippen LogP contribution in [0.5, 0.6) is 0 Å². The highest BCUT2D eigenvalue weighted by Crippen LogP contribution is 2.22. The van der Waals surface area contributed by atoms with Gasteiger partial charge < -0.3 is 10.6 Å². The molecule has 146 valence electrons. The zero-order valence-electron chi connectivity index (χ0n) is 16.6. The number of nitrogens with one attached hydrogen (secondary N) is 2. The first-order valence-corrected chi connectivity index (χ1v) is 10.5. The van der Waals surface area contributed by atoms with E-state index in [1.165, 1.54) is 22.5 Å². The molecule has 0 aliphatic carbocycles. The number of aromatic nitrogens is 1. The molecule has 3 aromatic rings. The third-order valence-corrected chi connectivity index (χ3v) is 5.47. The standard InChI is InChI=1S/C23H27N3OS/c1-16(2)23(18-7-5-4-6-8-18)24-14-20-15-28-22(26-20)13-21(27)25-19-11-9-17(3)10-12-19/h4-12,15-16,23-24H,13-14H2,1-3H3,(H,25,27)/t23-/m1/s1. The number of amides is 1. The lowest BCUT2D eigenvalue weighted by Gasteiger charge is -2.22. The third-order valence-electron chi connectivity index (χ3n) is 4.57. The number of benzene rings is 2. The topological polar surface area (TPSA) is 54.0 Å². The largest absolute Gasteiger partial charge is 0.326 e. The Morgan fingerprint density at radius 1 is 1.07 bits per heavy atom. The van der Waals surface area contributed by atoms with Gasteiger partial charge in [-0.15, -0.1) is 11.3 Å². The van der Waals surface area contributed by atoms with E-state index in [2.05, 4.69) is 53.7 Å². The Balaban J connectivity index is 1.54. The molecule has 1 aromatic heterocycles. The molecule has 28 heavy (non-hydrogen) atoms. The third kappa shape index (κ3) is 5.75. The van der Waals surface area contributed by atoms with Crippen LogP contribution in [-0.2, 0) is 17.8 Å². The molecule has 0 spiro atoms. The van der Waals surface area contributed by atoms with Gasteiger partial charge in [0.05, 0.1) is 12.1 Å². The normalized spacial score (nSPS) is 12.1. The molecule has 0 radical (unpaired) electrons. The van der Waals surface area contributed by atoms with Gasteiger partial charge in [0.2, 0.25) is 5.91 Å². The molecular weight excluding hydrogens is 366 g/mol. The van der Waals surface area contributed by atoms with Gasteiger partial charge in [-0.2, -0.15) is 0 Å². The molecule has 1 amide bonds. The van der Waals surface area contributed by atoms with Crippen molar-refractivity contribution in [3.05, 3.63) is 81.8 Å². The molecule has 4 nitrogen and oxygen atoms in total. The molecule has 3 rings (SSSR count). The van der Waals surface area contributed by atoms with Gasteiger partial charge in [-0.25, -0.2) is 4.98 Å². The maximum atomic E-state index is 12.3. The summed E-state index contributed by atoms with van der Waals surface area (Å²) in [7, 11) is 0. The van der Waals surface area contributed by atoms with E-state index in [0.29, 0.717) is 18.9 Å². The van der Waals surface area contributed by atoms with Gasteiger partial charge in [-0.05, 0) is 30.5 Å². The Labute approximate surface area is 171 Å². The first-order chi connectivity index (χ1) is 13.5. The van der Waals surface area contributed by atoms with Gasteiger partial charge in [0, 0.05) is 23.7 Å². The molecule has 0 fully saturated rings. The van der Waals surface area contributed by atoms with Gasteiger partial charge in [0.1, 0.15) is 5.01 Å². The molecule has 2 N–H and O–H groups in total. The highest BCUT2D eigenvalue weighted by molar-refractivity contribution is 7.09. The summed E-state index contributed by atoms with van der Waals surface area (Å²) in [6.45, 7) is 7.14. The maximum absolute atomic E-state index is 12.3. The Hall–Kier alpha value is -2.50. The number of hydrogen-bond donors (Lipinski definition) is 2. The summed E-state index contributed by atoms with van der Waals surface area (Å²) in [6.07, 6.45) is 0.296. The molecular formula is C23H27N3OS. The maximum Gasteiger partial charge on any atom is 0.231 e. The van der Waals surface area contributed by atoms with Crippen LogP contribution in [0.15, 0.2) is 60.0 Å². The number of rotatable bonds is 8. The fraction of sp³-hybridized carbons (Fsp3) is 0.304. The highest BCUT2D eigenvalue weighted by atomic mass is 32.1. The van der Waals surface area contributed by atoms with E-state index in [0.717, 1.165) is 16.4 Å². The first kappa shape index (κ1) is 20.2. The summed E-state index contributed by atoms with van der Waals surface area (Å²) in [5.74, 6) is 0.433. The number of aryl methyl sites for hydroxylation is 1. The predicted molar refractivity (Wildman–Crippen MR) is 116 cm³/mol. The van der Waals surface area contributed by atoms with E-state index in [9.17, 15) is 4.79 Å². The van der Waals surface area contributed by atoms with Gasteiger partial charge in [-0.3, -0.25) is 4.79 Å². The molecule has 0 aliphatic rings. The van der Waals surface area contributed by atoms with Crippen LogP contribution in [0.25, 0.3) is 0 Å². The van der Waals surface area contributed by atoms with E-state index >= 15 is 0 Å². The Morgan fingerprint density at radius 3 is 2.46 bits per heavy atom. The average molecular weight is 394 g/mol. The lowest BCUT2D eigenvalue weighted by molar-refractivity contribution is -0.115. The SMILES string of the molecule is Cc1ccc(NC(=O)Cc2nc(CN[C@@H](c3ccccc3)C(C)C)cs2)cc1.